The summed E-state index contributed by atoms with van der Waals surface area (Å²) in [7, 11) is 1.27. The molecule has 1 aliphatic heterocycles. The molecule has 5 rings (SSSR count). The van der Waals surface area contributed by atoms with Crippen molar-refractivity contribution in [3.05, 3.63) is 129 Å². The molecule has 0 spiro atoms. The Balaban J connectivity index is 0.000000331. The van der Waals surface area contributed by atoms with E-state index in [1.54, 1.807) is 50.2 Å². The van der Waals surface area contributed by atoms with E-state index in [4.69, 9.17) is 16.3 Å². The molecule has 244 valence electrons. The van der Waals surface area contributed by atoms with Crippen LogP contribution in [-0.4, -0.2) is 36.2 Å². The monoisotopic (exact) mass is 648 g/mol. The summed E-state index contributed by atoms with van der Waals surface area (Å²) in [6.45, 7) is 11.7. The number of carbonyl (C=O) groups excluding carboxylic acids is 3. The number of carbonyl (C=O) groups is 3. The molecule has 1 unspecified atom stereocenters. The first-order valence-corrected chi connectivity index (χ1v) is 15.3. The molecule has 0 aliphatic carbocycles. The van der Waals surface area contributed by atoms with Crippen LogP contribution in [0, 0.1) is 33.5 Å². The molecule has 46 heavy (non-hydrogen) atoms. The van der Waals surface area contributed by atoms with Gasteiger partial charge in [-0.3, -0.25) is 19.3 Å². The number of aryl methyl sites for hydroxylation is 4. The number of aliphatic hydroxyl groups is 1. The average molecular weight is 649 g/mol. The van der Waals surface area contributed by atoms with Gasteiger partial charge < -0.3 is 15.2 Å². The molecule has 0 saturated carbocycles. The number of nitrogens with zero attached hydrogens (tertiary/aromatic N) is 1. The maximum absolute atomic E-state index is 13.4. The highest BCUT2D eigenvalue weighted by Gasteiger charge is 2.44. The molecule has 0 saturated heterocycles. The average Bonchev–Trinajstić information content (AvgIpc) is 3.15. The quantitative estimate of drug-likeness (QED) is 0.171. The Morgan fingerprint density at radius 1 is 0.913 bits per heavy atom. The lowest BCUT2D eigenvalue weighted by atomic mass is 10.0. The number of hydrogen-bond donors (Lipinski definition) is 2. The van der Waals surface area contributed by atoms with Crippen LogP contribution in [0.5, 0.6) is 0 Å². The van der Waals surface area contributed by atoms with Crippen molar-refractivity contribution in [3.63, 3.8) is 0 Å². The third-order valence-corrected chi connectivity index (χ3v) is 7.48. The highest BCUT2D eigenvalue weighted by Crippen LogP contribution is 2.37. The molecule has 2 N–H and O–H groups in total. The zero-order chi connectivity index (χ0) is 34.4. The number of nitrogens with one attached hydrogen (secondary N) is 1. The van der Waals surface area contributed by atoms with E-state index in [1.807, 2.05) is 19.9 Å². The number of halogens is 2. The molecule has 4 aromatic rings. The summed E-state index contributed by atoms with van der Waals surface area (Å²) in [6.07, 6.45) is 0.438. The molecule has 9 heteroatoms. The summed E-state index contributed by atoms with van der Waals surface area (Å²) in [5.74, 6) is -2.92. The Morgan fingerprint density at radius 3 is 1.98 bits per heavy atom. The van der Waals surface area contributed by atoms with Crippen molar-refractivity contribution in [1.82, 2.24) is 0 Å². The van der Waals surface area contributed by atoms with Crippen LogP contribution < -0.4 is 10.2 Å². The van der Waals surface area contributed by atoms with Crippen LogP contribution in [0.25, 0.3) is 0 Å². The van der Waals surface area contributed by atoms with Gasteiger partial charge in [-0.1, -0.05) is 67.9 Å². The normalized spacial score (nSPS) is 14.9. The minimum absolute atomic E-state index is 0.0113. The number of ketones is 1. The third kappa shape index (κ3) is 9.81. The van der Waals surface area contributed by atoms with Crippen LogP contribution in [-0.2, 0) is 9.53 Å². The molecular weight excluding hydrogens is 607 g/mol. The van der Waals surface area contributed by atoms with Gasteiger partial charge in [0.05, 0.1) is 5.69 Å². The fourth-order valence-corrected chi connectivity index (χ4v) is 4.67. The predicted molar refractivity (Wildman–Crippen MR) is 183 cm³/mol. The van der Waals surface area contributed by atoms with Gasteiger partial charge in [-0.05, 0) is 92.4 Å². The van der Waals surface area contributed by atoms with Gasteiger partial charge >= 0.3 is 0 Å². The minimum atomic E-state index is -2.00. The number of rotatable bonds is 4. The first kappa shape index (κ1) is 37.8. The first-order valence-electron chi connectivity index (χ1n) is 14.9. The van der Waals surface area contributed by atoms with E-state index in [0.717, 1.165) is 4.90 Å². The summed E-state index contributed by atoms with van der Waals surface area (Å²) >= 11 is 6.03. The second kappa shape index (κ2) is 17.9. The third-order valence-electron chi connectivity index (χ3n) is 7.24. The molecular formula is C37H42ClFN2O5. The van der Waals surface area contributed by atoms with E-state index in [-0.39, 0.29) is 35.7 Å². The van der Waals surface area contributed by atoms with Gasteiger partial charge in [0, 0.05) is 41.8 Å². The molecule has 1 heterocycles. The van der Waals surface area contributed by atoms with Crippen LogP contribution in [0.4, 0.5) is 15.8 Å². The van der Waals surface area contributed by atoms with Crippen LogP contribution in [0.15, 0.2) is 84.9 Å². The molecule has 2 amide bonds. The lowest BCUT2D eigenvalue weighted by Gasteiger charge is -2.37. The minimum Gasteiger partial charge on any atom is -0.348 e. The van der Waals surface area contributed by atoms with Gasteiger partial charge in [-0.25, -0.2) is 4.39 Å². The standard InChI is InChI=1S/C20H19ClN2O5.C8H10.C7H7F.C2H6/c1-12-9-14(22-11-24)4-5-15(12)19(26)23-17-6-3-13(21)10-16(17)18(25)7-8-20(23,27)28-2;1-7-5-3-4-6-8(7)2;1-6-4-2-3-5-7(6)8;1-2/h3-6,9-11,27H,7-8H2,1-2H3,(H,22,24);3-6H,1-2H3;2-5H,1H3;1-2H3. The van der Waals surface area contributed by atoms with Crippen LogP contribution in [0.3, 0.4) is 0 Å². The Hall–Kier alpha value is -4.37. The van der Waals surface area contributed by atoms with Crippen molar-refractivity contribution in [2.75, 3.05) is 17.3 Å². The Kier molecular flexibility index (Phi) is 14.8. The fourth-order valence-electron chi connectivity index (χ4n) is 4.49. The summed E-state index contributed by atoms with van der Waals surface area (Å²) in [6, 6.07) is 24.3. The molecule has 4 aromatic carbocycles. The Morgan fingerprint density at radius 2 is 1.50 bits per heavy atom. The Bertz CT molecular complexity index is 1560. The van der Waals surface area contributed by atoms with E-state index >= 15 is 0 Å². The fraction of sp³-hybridized carbons (Fsp3) is 0.270. The van der Waals surface area contributed by atoms with Gasteiger partial charge in [0.15, 0.2) is 5.78 Å². The highest BCUT2D eigenvalue weighted by atomic mass is 35.5. The highest BCUT2D eigenvalue weighted by molar-refractivity contribution is 6.31. The lowest BCUT2D eigenvalue weighted by Crippen LogP contribution is -2.53. The van der Waals surface area contributed by atoms with Crippen molar-refractivity contribution in [2.24, 2.45) is 0 Å². The van der Waals surface area contributed by atoms with Crippen LogP contribution in [0.2, 0.25) is 5.02 Å². The van der Waals surface area contributed by atoms with Crippen molar-refractivity contribution < 1.29 is 28.6 Å². The molecule has 7 nitrogen and oxygen atoms in total. The molecule has 0 fully saturated rings. The van der Waals surface area contributed by atoms with E-state index in [0.29, 0.717) is 33.8 Å². The molecule has 1 aliphatic rings. The topological polar surface area (TPSA) is 95.9 Å². The van der Waals surface area contributed by atoms with Crippen molar-refractivity contribution >= 4 is 41.1 Å². The van der Waals surface area contributed by atoms with Crippen molar-refractivity contribution in [1.29, 1.82) is 0 Å². The smallest absolute Gasteiger partial charge is 0.262 e. The van der Waals surface area contributed by atoms with E-state index < -0.39 is 11.8 Å². The molecule has 0 radical (unpaired) electrons. The second-order valence-corrected chi connectivity index (χ2v) is 10.7. The number of methoxy groups -OCH3 is 1. The van der Waals surface area contributed by atoms with Gasteiger partial charge in [0.1, 0.15) is 5.82 Å². The maximum Gasteiger partial charge on any atom is 0.262 e. The van der Waals surface area contributed by atoms with Crippen LogP contribution in [0.1, 0.15) is 69.7 Å². The molecule has 0 aromatic heterocycles. The van der Waals surface area contributed by atoms with E-state index in [2.05, 4.69) is 43.4 Å². The largest absolute Gasteiger partial charge is 0.348 e. The predicted octanol–water partition coefficient (Wildman–Crippen LogP) is 8.60. The number of Topliss-reactive ketones (excluding diaryl/α,β-unsaturated/α-hetero) is 1. The number of amides is 2. The number of hydrogen-bond acceptors (Lipinski definition) is 5. The van der Waals surface area contributed by atoms with Gasteiger partial charge in [0.2, 0.25) is 6.41 Å². The van der Waals surface area contributed by atoms with E-state index in [1.165, 1.54) is 36.4 Å². The van der Waals surface area contributed by atoms with Gasteiger partial charge in [-0.15, -0.1) is 0 Å². The van der Waals surface area contributed by atoms with Crippen molar-refractivity contribution in [3.8, 4) is 0 Å². The SMILES string of the molecule is CC.COC1(O)CCC(=O)c2cc(Cl)ccc2N1C(=O)c1ccc(NC=O)cc1C.Cc1ccccc1C.Cc1ccccc1F. The summed E-state index contributed by atoms with van der Waals surface area (Å²) < 4.78 is 17.6. The summed E-state index contributed by atoms with van der Waals surface area (Å²) in [4.78, 5) is 37.7. The number of ether oxygens (including phenoxy) is 1. The van der Waals surface area contributed by atoms with E-state index in [9.17, 15) is 23.9 Å². The first-order chi connectivity index (χ1) is 21.9. The zero-order valence-electron chi connectivity index (χ0n) is 27.4. The number of fused-ring (bicyclic) bond motifs is 1. The summed E-state index contributed by atoms with van der Waals surface area (Å²) in [5.41, 5.74) is 5.31. The van der Waals surface area contributed by atoms with Gasteiger partial charge in [-0.2, -0.15) is 0 Å². The lowest BCUT2D eigenvalue weighted by molar-refractivity contribution is -0.182. The van der Waals surface area contributed by atoms with Crippen molar-refractivity contribution in [2.45, 2.75) is 60.3 Å². The number of benzene rings is 4. The number of anilines is 2. The molecule has 1 atom stereocenters. The second-order valence-electron chi connectivity index (χ2n) is 10.3. The van der Waals surface area contributed by atoms with Crippen LogP contribution >= 0.6 is 11.6 Å². The summed E-state index contributed by atoms with van der Waals surface area (Å²) in [5, 5.41) is 13.9. The Labute approximate surface area is 276 Å². The molecule has 0 bridgehead atoms. The van der Waals surface area contributed by atoms with Gasteiger partial charge in [0.25, 0.3) is 11.8 Å². The zero-order valence-corrected chi connectivity index (χ0v) is 28.1. The maximum atomic E-state index is 13.4.